The number of rotatable bonds is 5. The number of ether oxygens (including phenoxy) is 1. The smallest absolute Gasteiger partial charge is 0.258 e. The monoisotopic (exact) mass is 306 g/mol. The van der Waals surface area contributed by atoms with Gasteiger partial charge in [0.2, 0.25) is 0 Å². The summed E-state index contributed by atoms with van der Waals surface area (Å²) in [6, 6.07) is 7.12. The lowest BCUT2D eigenvalue weighted by Gasteiger charge is -2.34. The first kappa shape index (κ1) is 15.8. The molecular weight excluding hydrogens is 284 g/mol. The van der Waals surface area contributed by atoms with Crippen molar-refractivity contribution in [3.63, 3.8) is 0 Å². The SMILES string of the molecule is CC1(NC(=O)COc2ccc(C(N)=S)cc2)CCCCC1. The van der Waals surface area contributed by atoms with E-state index in [0.717, 1.165) is 18.4 Å². The molecule has 0 radical (unpaired) electrons. The fourth-order valence-electron chi connectivity index (χ4n) is 2.69. The van der Waals surface area contributed by atoms with Gasteiger partial charge in [-0.25, -0.2) is 0 Å². The fourth-order valence-corrected chi connectivity index (χ4v) is 2.83. The van der Waals surface area contributed by atoms with Crippen molar-refractivity contribution in [3.05, 3.63) is 29.8 Å². The van der Waals surface area contributed by atoms with Crippen LogP contribution in [0.4, 0.5) is 0 Å². The molecule has 1 aliphatic rings. The highest BCUT2D eigenvalue weighted by Crippen LogP contribution is 2.27. The standard InChI is InChI=1S/C16H22N2O2S/c1-16(9-3-2-4-10-16)18-14(19)11-20-13-7-5-12(6-8-13)15(17)21/h5-8H,2-4,9-11H2,1H3,(H2,17,21)(H,18,19). The van der Waals surface area contributed by atoms with Crippen LogP contribution in [0.3, 0.4) is 0 Å². The van der Waals surface area contributed by atoms with Gasteiger partial charge < -0.3 is 15.8 Å². The third-order valence-corrected chi connectivity index (χ3v) is 4.14. The number of thiocarbonyl (C=S) groups is 1. The van der Waals surface area contributed by atoms with E-state index in [0.29, 0.717) is 10.7 Å². The van der Waals surface area contributed by atoms with E-state index in [1.807, 2.05) is 0 Å². The zero-order valence-electron chi connectivity index (χ0n) is 12.4. The van der Waals surface area contributed by atoms with Crippen LogP contribution in [-0.4, -0.2) is 23.0 Å². The molecule has 3 N–H and O–H groups in total. The Labute approximate surface area is 131 Å². The molecule has 5 heteroatoms. The number of hydrogen-bond donors (Lipinski definition) is 2. The Morgan fingerprint density at radius 2 is 1.90 bits per heavy atom. The quantitative estimate of drug-likeness (QED) is 0.821. The van der Waals surface area contributed by atoms with E-state index in [1.54, 1.807) is 24.3 Å². The molecule has 1 aromatic rings. The number of carbonyl (C=O) groups is 1. The Hall–Kier alpha value is -1.62. The Kier molecular flexibility index (Phi) is 5.17. The number of nitrogens with one attached hydrogen (secondary N) is 1. The van der Waals surface area contributed by atoms with Crippen molar-refractivity contribution in [3.8, 4) is 5.75 Å². The van der Waals surface area contributed by atoms with E-state index in [-0.39, 0.29) is 18.1 Å². The summed E-state index contributed by atoms with van der Waals surface area (Å²) in [7, 11) is 0. The Morgan fingerprint density at radius 3 is 2.48 bits per heavy atom. The molecule has 1 saturated carbocycles. The van der Waals surface area contributed by atoms with Crippen molar-refractivity contribution in [2.24, 2.45) is 5.73 Å². The van der Waals surface area contributed by atoms with Gasteiger partial charge in [0.15, 0.2) is 6.61 Å². The van der Waals surface area contributed by atoms with E-state index in [2.05, 4.69) is 12.2 Å². The molecule has 1 amide bonds. The highest BCUT2D eigenvalue weighted by molar-refractivity contribution is 7.80. The van der Waals surface area contributed by atoms with Crippen LogP contribution in [0.2, 0.25) is 0 Å². The second-order valence-electron chi connectivity index (χ2n) is 5.85. The zero-order chi connectivity index (χ0) is 15.3. The number of benzene rings is 1. The van der Waals surface area contributed by atoms with Crippen LogP contribution in [0, 0.1) is 0 Å². The van der Waals surface area contributed by atoms with Crippen molar-refractivity contribution in [2.75, 3.05) is 6.61 Å². The first-order valence-corrected chi connectivity index (χ1v) is 7.73. The summed E-state index contributed by atoms with van der Waals surface area (Å²) in [5, 5.41) is 3.09. The molecule has 1 aromatic carbocycles. The average molecular weight is 306 g/mol. The van der Waals surface area contributed by atoms with Crippen molar-refractivity contribution < 1.29 is 9.53 Å². The fraction of sp³-hybridized carbons (Fsp3) is 0.500. The average Bonchev–Trinajstić information content (AvgIpc) is 2.46. The zero-order valence-corrected chi connectivity index (χ0v) is 13.2. The molecule has 114 valence electrons. The lowest BCUT2D eigenvalue weighted by Crippen LogP contribution is -2.48. The normalized spacial score (nSPS) is 17.0. The molecule has 1 aliphatic carbocycles. The van der Waals surface area contributed by atoms with Gasteiger partial charge in [0.05, 0.1) is 0 Å². The molecular formula is C16H22N2O2S. The molecule has 0 aliphatic heterocycles. The molecule has 4 nitrogen and oxygen atoms in total. The molecule has 0 aromatic heterocycles. The lowest BCUT2D eigenvalue weighted by molar-refractivity contribution is -0.125. The third-order valence-electron chi connectivity index (χ3n) is 3.91. The van der Waals surface area contributed by atoms with Crippen molar-refractivity contribution in [1.82, 2.24) is 5.32 Å². The van der Waals surface area contributed by atoms with Gasteiger partial charge in [-0.05, 0) is 44.0 Å². The van der Waals surface area contributed by atoms with Gasteiger partial charge in [-0.15, -0.1) is 0 Å². The van der Waals surface area contributed by atoms with E-state index < -0.39 is 0 Å². The number of amides is 1. The van der Waals surface area contributed by atoms with Crippen LogP contribution in [-0.2, 0) is 4.79 Å². The predicted octanol–water partition coefficient (Wildman–Crippen LogP) is 2.54. The van der Waals surface area contributed by atoms with Gasteiger partial charge in [-0.3, -0.25) is 4.79 Å². The van der Waals surface area contributed by atoms with E-state index in [9.17, 15) is 4.79 Å². The summed E-state index contributed by atoms with van der Waals surface area (Å²) in [6.45, 7) is 2.14. The van der Waals surface area contributed by atoms with Gasteiger partial charge in [0, 0.05) is 11.1 Å². The molecule has 0 atom stereocenters. The summed E-state index contributed by atoms with van der Waals surface area (Å²) in [4.78, 5) is 12.3. The maximum Gasteiger partial charge on any atom is 0.258 e. The van der Waals surface area contributed by atoms with Crippen LogP contribution >= 0.6 is 12.2 Å². The minimum atomic E-state index is -0.0751. The highest BCUT2D eigenvalue weighted by Gasteiger charge is 2.28. The van der Waals surface area contributed by atoms with Crippen LogP contribution in [0.25, 0.3) is 0 Å². The highest BCUT2D eigenvalue weighted by atomic mass is 32.1. The van der Waals surface area contributed by atoms with Crippen molar-refractivity contribution >= 4 is 23.1 Å². The van der Waals surface area contributed by atoms with Gasteiger partial charge in [-0.2, -0.15) is 0 Å². The molecule has 0 unspecified atom stereocenters. The Morgan fingerprint density at radius 1 is 1.29 bits per heavy atom. The Bertz CT molecular complexity index is 508. The summed E-state index contributed by atoms with van der Waals surface area (Å²) >= 11 is 4.89. The van der Waals surface area contributed by atoms with E-state index in [4.69, 9.17) is 22.7 Å². The van der Waals surface area contributed by atoms with Gasteiger partial charge in [-0.1, -0.05) is 31.5 Å². The molecule has 21 heavy (non-hydrogen) atoms. The maximum atomic E-state index is 12.0. The molecule has 0 heterocycles. The summed E-state index contributed by atoms with van der Waals surface area (Å²) in [6.07, 6.45) is 5.70. The number of nitrogens with two attached hydrogens (primary N) is 1. The minimum Gasteiger partial charge on any atom is -0.484 e. The molecule has 0 spiro atoms. The first-order valence-electron chi connectivity index (χ1n) is 7.32. The van der Waals surface area contributed by atoms with Crippen LogP contribution in [0.5, 0.6) is 5.75 Å². The first-order chi connectivity index (χ1) is 9.98. The van der Waals surface area contributed by atoms with E-state index >= 15 is 0 Å². The minimum absolute atomic E-state index is 0.0298. The van der Waals surface area contributed by atoms with Crippen LogP contribution in [0.15, 0.2) is 24.3 Å². The summed E-state index contributed by atoms with van der Waals surface area (Å²) < 4.78 is 5.49. The van der Waals surface area contributed by atoms with Crippen LogP contribution < -0.4 is 15.8 Å². The molecule has 2 rings (SSSR count). The lowest BCUT2D eigenvalue weighted by atomic mass is 9.83. The van der Waals surface area contributed by atoms with Crippen molar-refractivity contribution in [2.45, 2.75) is 44.6 Å². The maximum absolute atomic E-state index is 12.0. The topological polar surface area (TPSA) is 64.3 Å². The number of carbonyl (C=O) groups excluding carboxylic acids is 1. The number of hydrogen-bond acceptors (Lipinski definition) is 3. The van der Waals surface area contributed by atoms with E-state index in [1.165, 1.54) is 19.3 Å². The van der Waals surface area contributed by atoms with Gasteiger partial charge >= 0.3 is 0 Å². The van der Waals surface area contributed by atoms with Gasteiger partial charge in [0.25, 0.3) is 5.91 Å². The third kappa shape index (κ3) is 4.70. The largest absolute Gasteiger partial charge is 0.484 e. The Balaban J connectivity index is 1.82. The molecule has 1 fully saturated rings. The molecule has 0 saturated heterocycles. The summed E-state index contributed by atoms with van der Waals surface area (Å²) in [5.74, 6) is 0.566. The molecule has 0 bridgehead atoms. The van der Waals surface area contributed by atoms with Gasteiger partial charge in [0.1, 0.15) is 10.7 Å². The predicted molar refractivity (Wildman–Crippen MR) is 87.5 cm³/mol. The van der Waals surface area contributed by atoms with Crippen LogP contribution in [0.1, 0.15) is 44.6 Å². The second-order valence-corrected chi connectivity index (χ2v) is 6.29. The van der Waals surface area contributed by atoms with Crippen molar-refractivity contribution in [1.29, 1.82) is 0 Å². The second kappa shape index (κ2) is 6.89. The summed E-state index contributed by atoms with van der Waals surface area (Å²) in [5.41, 5.74) is 6.24.